The molecular formula is C22H32N4O3S. The van der Waals surface area contributed by atoms with Crippen LogP contribution in [0.4, 0.5) is 0 Å². The molecule has 0 atom stereocenters. The van der Waals surface area contributed by atoms with Crippen LogP contribution in [0.2, 0.25) is 0 Å². The van der Waals surface area contributed by atoms with Crippen LogP contribution in [0.25, 0.3) is 0 Å². The van der Waals surface area contributed by atoms with E-state index in [1.54, 1.807) is 19.2 Å². The number of aliphatic imine (C=N–C) groups is 1. The highest BCUT2D eigenvalue weighted by molar-refractivity contribution is 7.89. The predicted octanol–water partition coefficient (Wildman–Crippen LogP) is 3.08. The standard InChI is InChI=1S/C22H32N4O3S/c1-4-5-6-12-29-21-13-17(2)10-11-19(21)16-26-22(24-3)25-15-18-8-7-9-20(14-18)30(23,27)28/h7-11,13-14H,4-6,12,15-16H2,1-3H3,(H2,23,27,28)(H2,24,25,26). The average molecular weight is 433 g/mol. The molecule has 7 nitrogen and oxygen atoms in total. The zero-order chi connectivity index (χ0) is 22.0. The van der Waals surface area contributed by atoms with Crippen molar-refractivity contribution in [3.05, 3.63) is 59.2 Å². The Hall–Kier alpha value is -2.58. The fourth-order valence-electron chi connectivity index (χ4n) is 2.89. The van der Waals surface area contributed by atoms with Crippen molar-refractivity contribution in [3.8, 4) is 5.75 Å². The van der Waals surface area contributed by atoms with Gasteiger partial charge in [0.05, 0.1) is 11.5 Å². The Morgan fingerprint density at radius 2 is 1.87 bits per heavy atom. The second-order valence-electron chi connectivity index (χ2n) is 7.14. The minimum absolute atomic E-state index is 0.0919. The molecule has 30 heavy (non-hydrogen) atoms. The quantitative estimate of drug-likeness (QED) is 0.304. The monoisotopic (exact) mass is 432 g/mol. The molecule has 0 amide bonds. The van der Waals surface area contributed by atoms with Crippen molar-refractivity contribution in [2.24, 2.45) is 10.1 Å². The van der Waals surface area contributed by atoms with E-state index in [0.717, 1.165) is 41.7 Å². The molecule has 0 saturated carbocycles. The van der Waals surface area contributed by atoms with Gasteiger partial charge in [-0.15, -0.1) is 0 Å². The van der Waals surface area contributed by atoms with Gasteiger partial charge in [0.1, 0.15) is 5.75 Å². The van der Waals surface area contributed by atoms with Crippen molar-refractivity contribution >= 4 is 16.0 Å². The van der Waals surface area contributed by atoms with Crippen LogP contribution >= 0.6 is 0 Å². The molecule has 0 fully saturated rings. The molecule has 164 valence electrons. The van der Waals surface area contributed by atoms with Gasteiger partial charge in [-0.2, -0.15) is 0 Å². The smallest absolute Gasteiger partial charge is 0.238 e. The summed E-state index contributed by atoms with van der Waals surface area (Å²) in [4.78, 5) is 4.33. The third-order valence-corrected chi connectivity index (χ3v) is 5.50. The predicted molar refractivity (Wildman–Crippen MR) is 121 cm³/mol. The van der Waals surface area contributed by atoms with Gasteiger partial charge in [0.15, 0.2) is 5.96 Å². The topological polar surface area (TPSA) is 106 Å². The molecule has 2 aromatic carbocycles. The Morgan fingerprint density at radius 1 is 1.10 bits per heavy atom. The van der Waals surface area contributed by atoms with Crippen LogP contribution in [-0.2, 0) is 23.1 Å². The minimum Gasteiger partial charge on any atom is -0.493 e. The van der Waals surface area contributed by atoms with E-state index in [0.29, 0.717) is 25.7 Å². The summed E-state index contributed by atoms with van der Waals surface area (Å²) in [6.07, 6.45) is 3.36. The van der Waals surface area contributed by atoms with Gasteiger partial charge in [0.2, 0.25) is 10.0 Å². The van der Waals surface area contributed by atoms with Crippen molar-refractivity contribution in [2.75, 3.05) is 13.7 Å². The van der Waals surface area contributed by atoms with Gasteiger partial charge in [0.25, 0.3) is 0 Å². The number of unbranched alkanes of at least 4 members (excludes halogenated alkanes) is 2. The molecule has 0 bridgehead atoms. The van der Waals surface area contributed by atoms with E-state index in [4.69, 9.17) is 9.88 Å². The molecule has 0 radical (unpaired) electrons. The molecule has 0 aliphatic heterocycles. The number of aryl methyl sites for hydroxylation is 1. The summed E-state index contributed by atoms with van der Waals surface area (Å²) in [5, 5.41) is 11.7. The first-order valence-corrected chi connectivity index (χ1v) is 11.7. The van der Waals surface area contributed by atoms with Crippen molar-refractivity contribution in [1.82, 2.24) is 10.6 Å². The number of primary sulfonamides is 1. The van der Waals surface area contributed by atoms with Crippen LogP contribution in [0.5, 0.6) is 5.75 Å². The summed E-state index contributed by atoms with van der Waals surface area (Å²) in [6, 6.07) is 12.7. The van der Waals surface area contributed by atoms with Gasteiger partial charge in [-0.3, -0.25) is 4.99 Å². The van der Waals surface area contributed by atoms with Crippen LogP contribution in [0.3, 0.4) is 0 Å². The molecule has 2 rings (SSSR count). The number of benzene rings is 2. The van der Waals surface area contributed by atoms with Crippen LogP contribution in [0.15, 0.2) is 52.4 Å². The van der Waals surface area contributed by atoms with Crippen LogP contribution in [-0.4, -0.2) is 28.0 Å². The first kappa shape index (κ1) is 23.7. The van der Waals surface area contributed by atoms with Crippen LogP contribution < -0.4 is 20.5 Å². The number of hydrogen-bond donors (Lipinski definition) is 3. The second-order valence-corrected chi connectivity index (χ2v) is 8.70. The number of nitrogens with zero attached hydrogens (tertiary/aromatic N) is 1. The first-order valence-electron chi connectivity index (χ1n) is 10.1. The van der Waals surface area contributed by atoms with Gasteiger partial charge in [-0.25, -0.2) is 13.6 Å². The fourth-order valence-corrected chi connectivity index (χ4v) is 3.48. The summed E-state index contributed by atoms with van der Waals surface area (Å²) in [5.41, 5.74) is 3.00. The number of sulfonamides is 1. The lowest BCUT2D eigenvalue weighted by Gasteiger charge is -2.16. The maximum atomic E-state index is 11.5. The molecule has 0 aliphatic rings. The number of guanidine groups is 1. The van der Waals surface area contributed by atoms with Crippen molar-refractivity contribution in [1.29, 1.82) is 0 Å². The van der Waals surface area contributed by atoms with Gasteiger partial charge in [-0.1, -0.05) is 44.0 Å². The molecule has 0 aliphatic carbocycles. The summed E-state index contributed by atoms with van der Waals surface area (Å²) in [6.45, 7) is 5.90. The normalized spacial score (nSPS) is 11.9. The molecule has 0 saturated heterocycles. The largest absolute Gasteiger partial charge is 0.493 e. The molecule has 2 aromatic rings. The lowest BCUT2D eigenvalue weighted by molar-refractivity contribution is 0.303. The third-order valence-electron chi connectivity index (χ3n) is 4.58. The van der Waals surface area contributed by atoms with Gasteiger partial charge in [0, 0.05) is 25.7 Å². The van der Waals surface area contributed by atoms with E-state index < -0.39 is 10.0 Å². The first-order chi connectivity index (χ1) is 14.3. The zero-order valence-electron chi connectivity index (χ0n) is 17.9. The maximum absolute atomic E-state index is 11.5. The van der Waals surface area contributed by atoms with Gasteiger partial charge in [-0.05, 0) is 42.7 Å². The van der Waals surface area contributed by atoms with E-state index in [1.807, 2.05) is 13.0 Å². The summed E-state index contributed by atoms with van der Waals surface area (Å²) < 4.78 is 29.0. The van der Waals surface area contributed by atoms with E-state index in [9.17, 15) is 8.42 Å². The maximum Gasteiger partial charge on any atom is 0.238 e. The Balaban J connectivity index is 1.96. The van der Waals surface area contributed by atoms with Gasteiger partial charge < -0.3 is 15.4 Å². The average Bonchev–Trinajstić information content (AvgIpc) is 2.72. The van der Waals surface area contributed by atoms with E-state index in [2.05, 4.69) is 40.7 Å². The lowest BCUT2D eigenvalue weighted by atomic mass is 10.1. The number of nitrogens with two attached hydrogens (primary N) is 1. The van der Waals surface area contributed by atoms with E-state index in [1.165, 1.54) is 6.07 Å². The SMILES string of the molecule is CCCCCOc1cc(C)ccc1CNC(=NC)NCc1cccc(S(N)(=O)=O)c1. The highest BCUT2D eigenvalue weighted by Crippen LogP contribution is 2.21. The second kappa shape index (κ2) is 11.6. The fraction of sp³-hybridized carbons (Fsp3) is 0.409. The van der Waals surface area contributed by atoms with Crippen LogP contribution in [0.1, 0.15) is 42.9 Å². The van der Waals surface area contributed by atoms with Crippen molar-refractivity contribution in [2.45, 2.75) is 51.1 Å². The number of rotatable bonds is 10. The minimum atomic E-state index is -3.72. The molecule has 0 spiro atoms. The molecular weight excluding hydrogens is 400 g/mol. The summed E-state index contributed by atoms with van der Waals surface area (Å²) >= 11 is 0. The summed E-state index contributed by atoms with van der Waals surface area (Å²) in [5.74, 6) is 1.49. The Labute approximate surface area is 179 Å². The number of ether oxygens (including phenoxy) is 1. The Bertz CT molecular complexity index is 959. The lowest BCUT2D eigenvalue weighted by Crippen LogP contribution is -2.36. The molecule has 8 heteroatoms. The van der Waals surface area contributed by atoms with Crippen molar-refractivity contribution < 1.29 is 13.2 Å². The van der Waals surface area contributed by atoms with E-state index in [-0.39, 0.29) is 4.90 Å². The molecule has 0 unspecified atom stereocenters. The number of nitrogens with one attached hydrogen (secondary N) is 2. The van der Waals surface area contributed by atoms with Gasteiger partial charge >= 0.3 is 0 Å². The molecule has 0 heterocycles. The highest BCUT2D eigenvalue weighted by Gasteiger charge is 2.09. The Kier molecular flexibility index (Phi) is 9.14. The van der Waals surface area contributed by atoms with E-state index >= 15 is 0 Å². The Morgan fingerprint density at radius 3 is 2.57 bits per heavy atom. The zero-order valence-corrected chi connectivity index (χ0v) is 18.8. The third kappa shape index (κ3) is 7.68. The highest BCUT2D eigenvalue weighted by atomic mass is 32.2. The molecule has 4 N–H and O–H groups in total. The number of hydrogen-bond acceptors (Lipinski definition) is 4. The van der Waals surface area contributed by atoms with Crippen molar-refractivity contribution in [3.63, 3.8) is 0 Å². The van der Waals surface area contributed by atoms with Crippen LogP contribution in [0, 0.1) is 6.92 Å². The summed E-state index contributed by atoms with van der Waals surface area (Å²) in [7, 11) is -2.04. The molecule has 0 aromatic heterocycles.